The van der Waals surface area contributed by atoms with E-state index in [9.17, 15) is 4.79 Å². The van der Waals surface area contributed by atoms with Gasteiger partial charge in [0, 0.05) is 11.3 Å². The van der Waals surface area contributed by atoms with E-state index in [4.69, 9.17) is 16.3 Å². The lowest BCUT2D eigenvalue weighted by Gasteiger charge is -2.20. The predicted molar refractivity (Wildman–Crippen MR) is 106 cm³/mol. The number of hydrazone groups is 1. The zero-order valence-corrected chi connectivity index (χ0v) is 16.1. The predicted octanol–water partition coefficient (Wildman–Crippen LogP) is 5.22. The van der Waals surface area contributed by atoms with E-state index in [1.54, 1.807) is 39.8 Å². The second-order valence-corrected chi connectivity index (χ2v) is 8.05. The number of amides is 1. The Morgan fingerprint density at radius 2 is 1.96 bits per heavy atom. The number of halogens is 1. The van der Waals surface area contributed by atoms with E-state index < -0.39 is 0 Å². The van der Waals surface area contributed by atoms with Crippen LogP contribution in [0.5, 0.6) is 5.75 Å². The molecule has 0 unspecified atom stereocenters. The van der Waals surface area contributed by atoms with Gasteiger partial charge in [0.05, 0.1) is 21.7 Å². The number of thiophene rings is 2. The summed E-state index contributed by atoms with van der Waals surface area (Å²) in [5.41, 5.74) is 0.935. The average Bonchev–Trinajstić information content (AvgIpc) is 3.41. The van der Waals surface area contributed by atoms with Crippen LogP contribution in [-0.4, -0.2) is 23.2 Å². The van der Waals surface area contributed by atoms with E-state index in [0.29, 0.717) is 17.2 Å². The molecule has 1 aliphatic rings. The molecule has 1 aliphatic heterocycles. The Balaban J connectivity index is 1.54. The largest absolute Gasteiger partial charge is 0.482 e. The monoisotopic (exact) mass is 402 g/mol. The number of ether oxygens (including phenoxy) is 1. The molecule has 3 aromatic rings. The van der Waals surface area contributed by atoms with Gasteiger partial charge >= 0.3 is 0 Å². The highest BCUT2D eigenvalue weighted by Gasteiger charge is 2.34. The van der Waals surface area contributed by atoms with Gasteiger partial charge in [-0.3, -0.25) is 4.79 Å². The number of nitrogens with zero attached hydrogens (tertiary/aromatic N) is 2. The fraction of sp³-hybridized carbons (Fsp3) is 0.158. The van der Waals surface area contributed by atoms with Crippen LogP contribution in [0.4, 0.5) is 0 Å². The molecule has 0 spiro atoms. The summed E-state index contributed by atoms with van der Waals surface area (Å²) in [6, 6.07) is 15.1. The number of carbonyl (C=O) groups excluding carboxylic acids is 1. The first-order chi connectivity index (χ1) is 12.7. The summed E-state index contributed by atoms with van der Waals surface area (Å²) in [4.78, 5) is 15.0. The Morgan fingerprint density at radius 3 is 2.69 bits per heavy atom. The number of hydrogen-bond acceptors (Lipinski definition) is 5. The molecule has 0 radical (unpaired) electrons. The van der Waals surface area contributed by atoms with E-state index >= 15 is 0 Å². The van der Waals surface area contributed by atoms with Crippen molar-refractivity contribution >= 4 is 45.9 Å². The lowest BCUT2D eigenvalue weighted by Crippen LogP contribution is -2.31. The molecule has 0 N–H and O–H groups in total. The van der Waals surface area contributed by atoms with Gasteiger partial charge in [0.1, 0.15) is 5.75 Å². The van der Waals surface area contributed by atoms with Gasteiger partial charge in [-0.1, -0.05) is 35.9 Å². The number of carbonyl (C=O) groups is 1. The molecule has 0 fully saturated rings. The van der Waals surface area contributed by atoms with Gasteiger partial charge in [-0.2, -0.15) is 5.10 Å². The summed E-state index contributed by atoms with van der Waals surface area (Å²) >= 11 is 9.36. The van der Waals surface area contributed by atoms with Crippen LogP contribution in [0.3, 0.4) is 0 Å². The van der Waals surface area contributed by atoms with Crippen molar-refractivity contribution in [3.05, 3.63) is 74.1 Å². The molecule has 0 aliphatic carbocycles. The van der Waals surface area contributed by atoms with Gasteiger partial charge < -0.3 is 4.74 Å². The van der Waals surface area contributed by atoms with Gasteiger partial charge in [0.2, 0.25) is 0 Å². The lowest BCUT2D eigenvalue weighted by atomic mass is 10.1. The fourth-order valence-corrected chi connectivity index (χ4v) is 4.52. The second-order valence-electron chi connectivity index (χ2n) is 5.72. The van der Waals surface area contributed by atoms with Gasteiger partial charge in [-0.15, -0.1) is 22.7 Å². The first-order valence-electron chi connectivity index (χ1n) is 8.06. The normalized spacial score (nSPS) is 16.6. The molecule has 1 aromatic carbocycles. The Bertz CT molecular complexity index is 923. The first-order valence-corrected chi connectivity index (χ1v) is 10.2. The van der Waals surface area contributed by atoms with Crippen LogP contribution >= 0.6 is 34.3 Å². The Labute approximate surface area is 164 Å². The van der Waals surface area contributed by atoms with E-state index in [1.807, 2.05) is 47.2 Å². The molecule has 0 bridgehead atoms. The van der Waals surface area contributed by atoms with Gasteiger partial charge in [-0.25, -0.2) is 5.01 Å². The maximum Gasteiger partial charge on any atom is 0.281 e. The Hall–Kier alpha value is -2.15. The van der Waals surface area contributed by atoms with Crippen molar-refractivity contribution in [2.24, 2.45) is 5.10 Å². The van der Waals surface area contributed by atoms with Crippen molar-refractivity contribution in [3.8, 4) is 5.75 Å². The number of rotatable bonds is 5. The van der Waals surface area contributed by atoms with Crippen molar-refractivity contribution in [1.82, 2.24) is 5.01 Å². The molecule has 1 atom stereocenters. The maximum atomic E-state index is 12.8. The average molecular weight is 403 g/mol. The van der Waals surface area contributed by atoms with Gasteiger partial charge in [0.15, 0.2) is 6.61 Å². The second kappa shape index (κ2) is 7.61. The van der Waals surface area contributed by atoms with Crippen molar-refractivity contribution in [2.75, 3.05) is 6.61 Å². The zero-order valence-electron chi connectivity index (χ0n) is 13.7. The third kappa shape index (κ3) is 3.53. The first kappa shape index (κ1) is 17.3. The van der Waals surface area contributed by atoms with Crippen LogP contribution in [0.1, 0.15) is 22.2 Å². The summed E-state index contributed by atoms with van der Waals surface area (Å²) in [6.07, 6.45) is 0.707. The minimum absolute atomic E-state index is 0.0885. The molecule has 132 valence electrons. The molecule has 0 saturated heterocycles. The number of hydrogen-bond donors (Lipinski definition) is 0. The molecule has 26 heavy (non-hydrogen) atoms. The highest BCUT2D eigenvalue weighted by atomic mass is 35.5. The van der Waals surface area contributed by atoms with Crippen molar-refractivity contribution in [2.45, 2.75) is 12.5 Å². The summed E-state index contributed by atoms with van der Waals surface area (Å²) in [5, 5.41) is 10.7. The van der Waals surface area contributed by atoms with Crippen LogP contribution in [0, 0.1) is 0 Å². The van der Waals surface area contributed by atoms with E-state index in [1.165, 1.54) is 0 Å². The summed E-state index contributed by atoms with van der Waals surface area (Å²) in [7, 11) is 0. The molecular weight excluding hydrogens is 388 g/mol. The van der Waals surface area contributed by atoms with Gasteiger partial charge in [-0.05, 0) is 35.0 Å². The minimum Gasteiger partial charge on any atom is -0.482 e. The SMILES string of the molecule is O=C(COc1ccccc1Cl)N1N=C(c2cccs2)C[C@@H]1c1cccs1. The molecule has 7 heteroatoms. The number of para-hydroxylation sites is 1. The quantitative estimate of drug-likeness (QED) is 0.587. The summed E-state index contributed by atoms with van der Waals surface area (Å²) in [5.74, 6) is 0.312. The highest BCUT2D eigenvalue weighted by Crippen LogP contribution is 2.36. The summed E-state index contributed by atoms with van der Waals surface area (Å²) in [6.45, 7) is -0.104. The minimum atomic E-state index is -0.185. The smallest absolute Gasteiger partial charge is 0.281 e. The van der Waals surface area contributed by atoms with E-state index in [0.717, 1.165) is 15.5 Å². The Kier molecular flexibility index (Phi) is 5.06. The molecule has 2 aromatic heterocycles. The van der Waals surface area contributed by atoms with Crippen LogP contribution in [-0.2, 0) is 4.79 Å². The van der Waals surface area contributed by atoms with Crippen molar-refractivity contribution in [1.29, 1.82) is 0 Å². The van der Waals surface area contributed by atoms with Crippen LogP contribution in [0.15, 0.2) is 64.4 Å². The molecule has 1 amide bonds. The fourth-order valence-electron chi connectivity index (χ4n) is 2.80. The molecule has 3 heterocycles. The third-order valence-electron chi connectivity index (χ3n) is 4.03. The van der Waals surface area contributed by atoms with E-state index in [2.05, 4.69) is 5.10 Å². The Morgan fingerprint density at radius 1 is 1.15 bits per heavy atom. The van der Waals surface area contributed by atoms with E-state index in [-0.39, 0.29) is 18.6 Å². The van der Waals surface area contributed by atoms with Crippen LogP contribution in [0.25, 0.3) is 0 Å². The topological polar surface area (TPSA) is 41.9 Å². The molecule has 4 rings (SSSR count). The zero-order chi connectivity index (χ0) is 17.9. The standard InChI is InChI=1S/C19H15ClN2O2S2/c20-13-5-1-2-6-16(13)24-12-19(23)22-15(18-8-4-10-26-18)11-14(21-22)17-7-3-9-25-17/h1-10,15H,11-12H2/t15-/m1/s1. The van der Waals surface area contributed by atoms with Crippen molar-refractivity contribution < 1.29 is 9.53 Å². The number of benzene rings is 1. The maximum absolute atomic E-state index is 12.8. The van der Waals surface area contributed by atoms with Crippen LogP contribution < -0.4 is 4.74 Å². The molecular formula is C19H15ClN2O2S2. The lowest BCUT2D eigenvalue weighted by molar-refractivity contribution is -0.135. The molecule has 0 saturated carbocycles. The van der Waals surface area contributed by atoms with Gasteiger partial charge in [0.25, 0.3) is 5.91 Å². The van der Waals surface area contributed by atoms with Crippen LogP contribution in [0.2, 0.25) is 5.02 Å². The highest BCUT2D eigenvalue weighted by molar-refractivity contribution is 7.12. The van der Waals surface area contributed by atoms with Crippen molar-refractivity contribution in [3.63, 3.8) is 0 Å². The summed E-state index contributed by atoms with van der Waals surface area (Å²) < 4.78 is 5.62. The molecule has 4 nitrogen and oxygen atoms in total. The third-order valence-corrected chi connectivity index (χ3v) is 6.24.